The molecule has 0 N–H and O–H groups in total. The normalized spacial score (nSPS) is 8.75. The summed E-state index contributed by atoms with van der Waals surface area (Å²) in [4.78, 5) is 13.0. The van der Waals surface area contributed by atoms with E-state index in [9.17, 15) is 4.79 Å². The van der Waals surface area contributed by atoms with Crippen LogP contribution in [0.25, 0.3) is 10.4 Å². The molecule has 0 unspecified atom stereocenters. The Hall–Kier alpha value is -1.51. The fourth-order valence-electron chi connectivity index (χ4n) is 0.751. The van der Waals surface area contributed by atoms with Crippen LogP contribution in [0.5, 0.6) is 0 Å². The molecule has 0 atom stereocenters. The van der Waals surface area contributed by atoms with Crippen molar-refractivity contribution in [2.24, 2.45) is 5.11 Å². The fourth-order valence-corrected chi connectivity index (χ4v) is 0.918. The van der Waals surface area contributed by atoms with Crippen LogP contribution in [-0.2, 0) is 0 Å². The van der Waals surface area contributed by atoms with E-state index in [-0.39, 0.29) is 5.69 Å². The molecule has 0 aromatic heterocycles. The molecule has 0 bridgehead atoms. The third-order valence-electron chi connectivity index (χ3n) is 1.27. The summed E-state index contributed by atoms with van der Waals surface area (Å²) in [6.45, 7) is 0. The van der Waals surface area contributed by atoms with Gasteiger partial charge in [-0.25, -0.2) is 0 Å². The smallest absolute Gasteiger partial charge is 0.150 e. The third kappa shape index (κ3) is 1.75. The van der Waals surface area contributed by atoms with Gasteiger partial charge in [-0.2, -0.15) is 0 Å². The van der Waals surface area contributed by atoms with Crippen LogP contribution in [0, 0.1) is 0 Å². The Bertz CT molecular complexity index is 358. The molecule has 0 saturated heterocycles. The molecule has 0 aliphatic rings. The Labute approximate surface area is 73.4 Å². The Morgan fingerprint density at radius 1 is 1.58 bits per heavy atom. The summed E-state index contributed by atoms with van der Waals surface area (Å²) in [7, 11) is 0. The molecule has 0 saturated carbocycles. The van der Waals surface area contributed by atoms with Gasteiger partial charge < -0.3 is 0 Å². The lowest BCUT2D eigenvalue weighted by molar-refractivity contribution is 0.112. The minimum Gasteiger partial charge on any atom is -0.298 e. The summed E-state index contributed by atoms with van der Waals surface area (Å²) < 4.78 is 0. The summed E-state index contributed by atoms with van der Waals surface area (Å²) in [6, 6.07) is 4.49. The summed E-state index contributed by atoms with van der Waals surface area (Å²) in [6.07, 6.45) is 0.611. The van der Waals surface area contributed by atoms with E-state index in [4.69, 9.17) is 17.1 Å². The second kappa shape index (κ2) is 3.76. The molecular formula is C7H4ClN3O. The maximum Gasteiger partial charge on any atom is 0.150 e. The highest BCUT2D eigenvalue weighted by atomic mass is 35.5. The van der Waals surface area contributed by atoms with Crippen LogP contribution in [0.1, 0.15) is 10.4 Å². The van der Waals surface area contributed by atoms with E-state index < -0.39 is 0 Å². The van der Waals surface area contributed by atoms with Crippen molar-refractivity contribution in [2.45, 2.75) is 0 Å². The predicted octanol–water partition coefficient (Wildman–Crippen LogP) is 3.09. The maximum atomic E-state index is 10.4. The van der Waals surface area contributed by atoms with E-state index in [0.717, 1.165) is 0 Å². The van der Waals surface area contributed by atoms with Crippen molar-refractivity contribution in [3.8, 4) is 0 Å². The molecule has 4 nitrogen and oxygen atoms in total. The zero-order chi connectivity index (χ0) is 8.97. The van der Waals surface area contributed by atoms with E-state index in [1.807, 2.05) is 0 Å². The molecule has 1 aromatic carbocycles. The molecule has 1 rings (SSSR count). The van der Waals surface area contributed by atoms with E-state index >= 15 is 0 Å². The lowest BCUT2D eigenvalue weighted by atomic mass is 10.2. The largest absolute Gasteiger partial charge is 0.298 e. The lowest BCUT2D eigenvalue weighted by Gasteiger charge is -1.96. The van der Waals surface area contributed by atoms with Crippen LogP contribution < -0.4 is 0 Å². The number of azide groups is 1. The van der Waals surface area contributed by atoms with Crippen molar-refractivity contribution in [1.29, 1.82) is 0 Å². The molecule has 0 radical (unpaired) electrons. The molecule has 0 aliphatic heterocycles. The van der Waals surface area contributed by atoms with Gasteiger partial charge in [0.2, 0.25) is 0 Å². The van der Waals surface area contributed by atoms with Gasteiger partial charge in [0.1, 0.15) is 0 Å². The number of benzene rings is 1. The van der Waals surface area contributed by atoms with Gasteiger partial charge in [0.15, 0.2) is 6.29 Å². The highest BCUT2D eigenvalue weighted by Crippen LogP contribution is 2.22. The number of rotatable bonds is 2. The topological polar surface area (TPSA) is 65.8 Å². The average molecular weight is 182 g/mol. The zero-order valence-corrected chi connectivity index (χ0v) is 6.69. The van der Waals surface area contributed by atoms with Gasteiger partial charge in [-0.05, 0) is 23.7 Å². The average Bonchev–Trinajstić information content (AvgIpc) is 2.05. The Kier molecular flexibility index (Phi) is 2.69. The summed E-state index contributed by atoms with van der Waals surface area (Å²) in [5, 5.41) is 3.74. The predicted molar refractivity (Wildman–Crippen MR) is 45.6 cm³/mol. The number of hydrogen-bond donors (Lipinski definition) is 0. The van der Waals surface area contributed by atoms with Crippen LogP contribution >= 0.6 is 11.6 Å². The van der Waals surface area contributed by atoms with E-state index in [0.29, 0.717) is 16.9 Å². The van der Waals surface area contributed by atoms with Gasteiger partial charge in [-0.1, -0.05) is 16.7 Å². The number of carbonyl (C=O) groups is 1. The van der Waals surface area contributed by atoms with Crippen molar-refractivity contribution >= 4 is 23.6 Å². The Morgan fingerprint density at radius 2 is 2.33 bits per heavy atom. The first kappa shape index (κ1) is 8.59. The van der Waals surface area contributed by atoms with Gasteiger partial charge in [0, 0.05) is 21.2 Å². The van der Waals surface area contributed by atoms with Gasteiger partial charge in [-0.15, -0.1) is 0 Å². The highest BCUT2D eigenvalue weighted by Gasteiger charge is 1.98. The first-order valence-corrected chi connectivity index (χ1v) is 3.45. The molecule has 60 valence electrons. The minimum absolute atomic E-state index is 0.250. The molecule has 0 aliphatic carbocycles. The third-order valence-corrected chi connectivity index (χ3v) is 1.51. The Morgan fingerprint density at radius 3 is 2.92 bits per heavy atom. The first-order chi connectivity index (χ1) is 5.77. The summed E-state index contributed by atoms with van der Waals surface area (Å²) in [5.41, 5.74) is 8.71. The fraction of sp³-hybridized carbons (Fsp3) is 0. The van der Waals surface area contributed by atoms with Crippen molar-refractivity contribution in [1.82, 2.24) is 0 Å². The Balaban J connectivity index is 3.29. The first-order valence-electron chi connectivity index (χ1n) is 3.08. The molecule has 0 fully saturated rings. The van der Waals surface area contributed by atoms with Crippen molar-refractivity contribution in [2.75, 3.05) is 0 Å². The summed E-state index contributed by atoms with van der Waals surface area (Å²) in [5.74, 6) is 0. The second-order valence-corrected chi connectivity index (χ2v) is 2.45. The SMILES string of the molecule is [N-]=[N+]=Nc1cc(Cl)ccc1C=O. The van der Waals surface area contributed by atoms with Crippen LogP contribution in [0.2, 0.25) is 5.02 Å². The molecule has 1 aromatic rings. The molecule has 0 heterocycles. The number of halogens is 1. The zero-order valence-electron chi connectivity index (χ0n) is 5.94. The lowest BCUT2D eigenvalue weighted by Crippen LogP contribution is -1.78. The van der Waals surface area contributed by atoms with E-state index in [1.165, 1.54) is 12.1 Å². The van der Waals surface area contributed by atoms with Crippen LogP contribution in [0.4, 0.5) is 5.69 Å². The van der Waals surface area contributed by atoms with Crippen LogP contribution in [0.15, 0.2) is 23.3 Å². The van der Waals surface area contributed by atoms with Crippen molar-refractivity contribution < 1.29 is 4.79 Å². The van der Waals surface area contributed by atoms with Gasteiger partial charge >= 0.3 is 0 Å². The molecule has 0 spiro atoms. The maximum absolute atomic E-state index is 10.4. The molecule has 0 amide bonds. The molecule has 5 heteroatoms. The number of aldehydes is 1. The van der Waals surface area contributed by atoms with E-state index in [2.05, 4.69) is 10.0 Å². The monoisotopic (exact) mass is 181 g/mol. The van der Waals surface area contributed by atoms with Crippen LogP contribution in [-0.4, -0.2) is 6.29 Å². The van der Waals surface area contributed by atoms with Crippen molar-refractivity contribution in [3.05, 3.63) is 39.2 Å². The minimum atomic E-state index is 0.250. The van der Waals surface area contributed by atoms with Gasteiger partial charge in [-0.3, -0.25) is 4.79 Å². The quantitative estimate of drug-likeness (QED) is 0.299. The second-order valence-electron chi connectivity index (χ2n) is 2.01. The standard InChI is InChI=1S/C7H4ClN3O/c8-6-2-1-5(4-12)7(3-6)10-11-9/h1-4H. The summed E-state index contributed by atoms with van der Waals surface area (Å²) >= 11 is 5.61. The van der Waals surface area contributed by atoms with Gasteiger partial charge in [0.05, 0.1) is 0 Å². The van der Waals surface area contributed by atoms with E-state index in [1.54, 1.807) is 6.07 Å². The molecular weight excluding hydrogens is 178 g/mol. The number of hydrogen-bond acceptors (Lipinski definition) is 2. The van der Waals surface area contributed by atoms with Crippen LogP contribution in [0.3, 0.4) is 0 Å². The number of carbonyl (C=O) groups excluding carboxylic acids is 1. The molecule has 12 heavy (non-hydrogen) atoms. The van der Waals surface area contributed by atoms with Gasteiger partial charge in [0.25, 0.3) is 0 Å². The number of nitrogens with zero attached hydrogens (tertiary/aromatic N) is 3. The highest BCUT2D eigenvalue weighted by molar-refractivity contribution is 6.31. The van der Waals surface area contributed by atoms with Crippen molar-refractivity contribution in [3.63, 3.8) is 0 Å².